The summed E-state index contributed by atoms with van der Waals surface area (Å²) in [6.45, 7) is 1.75. The van der Waals surface area contributed by atoms with E-state index in [1.165, 1.54) is 16.5 Å². The van der Waals surface area contributed by atoms with E-state index in [4.69, 9.17) is 0 Å². The molecule has 8 heteroatoms. The average molecular weight is 405 g/mol. The number of aromatic nitrogens is 3. The summed E-state index contributed by atoms with van der Waals surface area (Å²) in [6, 6.07) is 10.2. The van der Waals surface area contributed by atoms with E-state index in [0.29, 0.717) is 22.5 Å². The van der Waals surface area contributed by atoms with Crippen LogP contribution in [0.2, 0.25) is 0 Å². The number of imide groups is 1. The molecule has 0 bridgehead atoms. The fourth-order valence-corrected chi connectivity index (χ4v) is 4.64. The van der Waals surface area contributed by atoms with E-state index in [0.717, 1.165) is 37.7 Å². The van der Waals surface area contributed by atoms with Crippen molar-refractivity contribution in [2.75, 3.05) is 18.0 Å². The van der Waals surface area contributed by atoms with Crippen molar-refractivity contribution < 1.29 is 9.59 Å². The van der Waals surface area contributed by atoms with Crippen molar-refractivity contribution in [1.82, 2.24) is 20.3 Å². The van der Waals surface area contributed by atoms with Crippen LogP contribution >= 0.6 is 11.8 Å². The number of carbonyl (C=O) groups excluding carboxylic acids is 2. The number of aromatic amines is 1. The number of nitrogens with zero attached hydrogens (tertiary/aromatic N) is 3. The molecule has 1 aromatic carbocycles. The summed E-state index contributed by atoms with van der Waals surface area (Å²) in [5.41, 5.74) is 3.19. The summed E-state index contributed by atoms with van der Waals surface area (Å²) in [7, 11) is 0. The zero-order valence-electron chi connectivity index (χ0n) is 15.6. The third-order valence-corrected chi connectivity index (χ3v) is 6.23. The van der Waals surface area contributed by atoms with Crippen molar-refractivity contribution in [3.8, 4) is 0 Å². The van der Waals surface area contributed by atoms with Crippen LogP contribution in [-0.2, 0) is 4.79 Å². The minimum absolute atomic E-state index is 0.352. The number of hydrogen-bond acceptors (Lipinski definition) is 6. The molecule has 0 aliphatic carbocycles. The van der Waals surface area contributed by atoms with Crippen molar-refractivity contribution in [1.29, 1.82) is 0 Å². The normalized spacial score (nSPS) is 19.3. The lowest BCUT2D eigenvalue weighted by Crippen LogP contribution is -2.34. The predicted octanol–water partition coefficient (Wildman–Crippen LogP) is 3.67. The van der Waals surface area contributed by atoms with Crippen molar-refractivity contribution in [3.05, 3.63) is 58.9 Å². The van der Waals surface area contributed by atoms with E-state index in [-0.39, 0.29) is 11.1 Å². The summed E-state index contributed by atoms with van der Waals surface area (Å²) >= 11 is 0.894. The molecule has 0 unspecified atom stereocenters. The van der Waals surface area contributed by atoms with Crippen LogP contribution in [0.25, 0.3) is 17.0 Å². The van der Waals surface area contributed by atoms with E-state index in [9.17, 15) is 9.59 Å². The molecule has 0 radical (unpaired) electrons. The summed E-state index contributed by atoms with van der Waals surface area (Å²) in [5, 5.41) is 3.21. The molecule has 2 aliphatic heterocycles. The maximum Gasteiger partial charge on any atom is 0.290 e. The topological polar surface area (TPSA) is 91.0 Å². The number of H-pyrrole nitrogens is 1. The standard InChI is InChI=1S/C21H19N5O2S/c27-19-18(29-21(28)25-19)11-14-5-8-22-20(24-14)26-9-6-13(7-10-26)16-12-23-17-4-2-1-3-15(16)17/h1-5,8,11-13,23H,6-7,9-10H2,(H,25,27,28)/b18-11+. The second-order valence-electron chi connectivity index (χ2n) is 7.18. The number of rotatable bonds is 3. The number of benzene rings is 1. The molecule has 7 nitrogen and oxygen atoms in total. The van der Waals surface area contributed by atoms with E-state index in [1.54, 1.807) is 18.3 Å². The van der Waals surface area contributed by atoms with Gasteiger partial charge in [-0.05, 0) is 54.3 Å². The van der Waals surface area contributed by atoms with Gasteiger partial charge < -0.3 is 9.88 Å². The third-order valence-electron chi connectivity index (χ3n) is 5.42. The van der Waals surface area contributed by atoms with Gasteiger partial charge in [-0.25, -0.2) is 9.97 Å². The molecule has 2 fully saturated rings. The Labute approximate surface area is 171 Å². The largest absolute Gasteiger partial charge is 0.361 e. The van der Waals surface area contributed by atoms with Crippen LogP contribution in [0.1, 0.15) is 30.0 Å². The number of amides is 2. The van der Waals surface area contributed by atoms with Gasteiger partial charge in [-0.1, -0.05) is 18.2 Å². The Morgan fingerprint density at radius 1 is 1.14 bits per heavy atom. The Kier molecular flexibility index (Phi) is 4.55. The minimum Gasteiger partial charge on any atom is -0.361 e. The Balaban J connectivity index is 1.30. The number of para-hydroxylation sites is 1. The Morgan fingerprint density at radius 3 is 2.76 bits per heavy atom. The number of nitrogens with one attached hydrogen (secondary N) is 2. The molecule has 2 aliphatic rings. The van der Waals surface area contributed by atoms with Crippen LogP contribution in [-0.4, -0.2) is 39.2 Å². The minimum atomic E-state index is -0.375. The molecule has 146 valence electrons. The molecule has 2 amide bonds. The smallest absolute Gasteiger partial charge is 0.290 e. The van der Waals surface area contributed by atoms with Crippen LogP contribution in [0.3, 0.4) is 0 Å². The summed E-state index contributed by atoms with van der Waals surface area (Å²) in [4.78, 5) is 38.0. The first-order valence-electron chi connectivity index (χ1n) is 9.56. The van der Waals surface area contributed by atoms with Crippen LogP contribution in [0.5, 0.6) is 0 Å². The zero-order chi connectivity index (χ0) is 19.8. The highest BCUT2D eigenvalue weighted by molar-refractivity contribution is 8.18. The Bertz CT molecular complexity index is 1130. The first-order valence-corrected chi connectivity index (χ1v) is 10.4. The number of carbonyl (C=O) groups is 2. The molecular weight excluding hydrogens is 386 g/mol. The van der Waals surface area contributed by atoms with E-state index >= 15 is 0 Å². The van der Waals surface area contributed by atoms with Crippen molar-refractivity contribution in [3.63, 3.8) is 0 Å². The Morgan fingerprint density at radius 2 is 1.97 bits per heavy atom. The lowest BCUT2D eigenvalue weighted by atomic mass is 9.89. The predicted molar refractivity (Wildman–Crippen MR) is 114 cm³/mol. The number of hydrogen-bond donors (Lipinski definition) is 2. The highest BCUT2D eigenvalue weighted by Crippen LogP contribution is 2.34. The second-order valence-corrected chi connectivity index (χ2v) is 8.20. The molecule has 4 heterocycles. The van der Waals surface area contributed by atoms with Gasteiger partial charge in [0.25, 0.3) is 11.1 Å². The molecule has 2 N–H and O–H groups in total. The van der Waals surface area contributed by atoms with E-state index < -0.39 is 0 Å². The van der Waals surface area contributed by atoms with Gasteiger partial charge in [0.05, 0.1) is 10.6 Å². The van der Waals surface area contributed by atoms with Crippen LogP contribution in [0.15, 0.2) is 47.6 Å². The maximum absolute atomic E-state index is 11.7. The van der Waals surface area contributed by atoms with Gasteiger partial charge in [-0.2, -0.15) is 0 Å². The highest BCUT2D eigenvalue weighted by atomic mass is 32.2. The van der Waals surface area contributed by atoms with Crippen molar-refractivity contribution >= 4 is 45.8 Å². The van der Waals surface area contributed by atoms with Gasteiger partial charge >= 0.3 is 0 Å². The summed E-state index contributed by atoms with van der Waals surface area (Å²) in [6.07, 6.45) is 7.53. The van der Waals surface area contributed by atoms with Gasteiger partial charge in [0.15, 0.2) is 0 Å². The molecule has 5 rings (SSSR count). The molecule has 29 heavy (non-hydrogen) atoms. The number of piperidine rings is 1. The molecule has 3 aromatic rings. The van der Waals surface area contributed by atoms with Crippen LogP contribution in [0.4, 0.5) is 10.7 Å². The van der Waals surface area contributed by atoms with E-state index in [1.807, 2.05) is 0 Å². The molecule has 2 saturated heterocycles. The van der Waals surface area contributed by atoms with Crippen LogP contribution < -0.4 is 10.2 Å². The van der Waals surface area contributed by atoms with Gasteiger partial charge in [0.2, 0.25) is 5.95 Å². The molecule has 2 aromatic heterocycles. The van der Waals surface area contributed by atoms with Crippen molar-refractivity contribution in [2.24, 2.45) is 0 Å². The lowest BCUT2D eigenvalue weighted by molar-refractivity contribution is -0.115. The van der Waals surface area contributed by atoms with Gasteiger partial charge in [-0.3, -0.25) is 14.9 Å². The quantitative estimate of drug-likeness (QED) is 0.646. The van der Waals surface area contributed by atoms with Gasteiger partial charge in [-0.15, -0.1) is 0 Å². The van der Waals surface area contributed by atoms with E-state index in [2.05, 4.69) is 55.6 Å². The Hall–Kier alpha value is -3.13. The number of fused-ring (bicyclic) bond motifs is 1. The number of thioether (sulfide) groups is 1. The fraction of sp³-hybridized carbons (Fsp3) is 0.238. The van der Waals surface area contributed by atoms with Crippen LogP contribution in [0, 0.1) is 0 Å². The first-order chi connectivity index (χ1) is 14.2. The molecule has 0 spiro atoms. The highest BCUT2D eigenvalue weighted by Gasteiger charge is 2.26. The zero-order valence-corrected chi connectivity index (χ0v) is 16.4. The third kappa shape index (κ3) is 3.51. The molecule has 0 atom stereocenters. The summed E-state index contributed by atoms with van der Waals surface area (Å²) < 4.78 is 0. The summed E-state index contributed by atoms with van der Waals surface area (Å²) in [5.74, 6) is 0.795. The monoisotopic (exact) mass is 405 g/mol. The second kappa shape index (κ2) is 7.36. The maximum atomic E-state index is 11.7. The SMILES string of the molecule is O=C1NC(=O)/C(=C\c2ccnc(N3CCC(c4c[nH]c5ccccc45)CC3)n2)S1. The van der Waals surface area contributed by atoms with Crippen molar-refractivity contribution in [2.45, 2.75) is 18.8 Å². The number of anilines is 1. The first kappa shape index (κ1) is 17.9. The fourth-order valence-electron chi connectivity index (χ4n) is 3.97. The average Bonchev–Trinajstić information content (AvgIpc) is 3.31. The molecular formula is C21H19N5O2S. The van der Waals surface area contributed by atoms with Gasteiger partial charge in [0, 0.05) is 36.4 Å². The van der Waals surface area contributed by atoms with Gasteiger partial charge in [0.1, 0.15) is 0 Å². The lowest BCUT2D eigenvalue weighted by Gasteiger charge is -2.32. The molecule has 0 saturated carbocycles.